The van der Waals surface area contributed by atoms with Gasteiger partial charge in [-0.15, -0.1) is 0 Å². The zero-order chi connectivity index (χ0) is 14.9. The number of fused-ring (bicyclic) bond motifs is 1. The highest BCUT2D eigenvalue weighted by atomic mass is 16.1. The summed E-state index contributed by atoms with van der Waals surface area (Å²) >= 11 is 0. The van der Waals surface area contributed by atoms with Crippen LogP contribution in [0.3, 0.4) is 0 Å². The summed E-state index contributed by atoms with van der Waals surface area (Å²) in [6.45, 7) is 1.01. The monoisotopic (exact) mass is 287 g/mol. The molecule has 2 heteroatoms. The molecule has 0 atom stereocenters. The van der Waals surface area contributed by atoms with Gasteiger partial charge in [-0.25, -0.2) is 0 Å². The Morgan fingerprint density at radius 2 is 1.59 bits per heavy atom. The largest absolute Gasteiger partial charge is 0.350 e. The molecule has 0 radical (unpaired) electrons. The Morgan fingerprint density at radius 3 is 2.32 bits per heavy atom. The quantitative estimate of drug-likeness (QED) is 0.657. The lowest BCUT2D eigenvalue weighted by Crippen LogP contribution is -2.02. The Balaban J connectivity index is 1.89. The minimum Gasteiger partial charge on any atom is -0.350 e. The Hall–Kier alpha value is -2.61. The summed E-state index contributed by atoms with van der Waals surface area (Å²) in [4.78, 5) is 12.9. The van der Waals surface area contributed by atoms with Crippen molar-refractivity contribution in [2.75, 3.05) is 0 Å². The maximum atomic E-state index is 12.9. The molecular formula is C20H17NO. The number of rotatable bonds is 3. The van der Waals surface area contributed by atoms with Gasteiger partial charge in [0.25, 0.3) is 0 Å². The third kappa shape index (κ3) is 2.08. The molecule has 22 heavy (non-hydrogen) atoms. The molecule has 0 amide bonds. The van der Waals surface area contributed by atoms with Gasteiger partial charge in [-0.3, -0.25) is 4.79 Å². The second-order valence-corrected chi connectivity index (χ2v) is 5.72. The van der Waals surface area contributed by atoms with Gasteiger partial charge < -0.3 is 4.57 Å². The number of hydrogen-bond acceptors (Lipinski definition) is 1. The summed E-state index contributed by atoms with van der Waals surface area (Å²) in [7, 11) is 0. The first-order chi connectivity index (χ1) is 10.8. The summed E-state index contributed by atoms with van der Waals surface area (Å²) in [5, 5.41) is 0. The first-order valence-corrected chi connectivity index (χ1v) is 7.72. The summed E-state index contributed by atoms with van der Waals surface area (Å²) < 4.78 is 2.25. The van der Waals surface area contributed by atoms with Crippen LogP contribution in [0.2, 0.25) is 0 Å². The fourth-order valence-electron chi connectivity index (χ4n) is 3.33. The fraction of sp³-hybridized carbons (Fsp3) is 0.150. The van der Waals surface area contributed by atoms with E-state index in [9.17, 15) is 4.79 Å². The normalized spacial score (nSPS) is 13.1. The van der Waals surface area contributed by atoms with E-state index < -0.39 is 0 Å². The van der Waals surface area contributed by atoms with Crippen molar-refractivity contribution < 1.29 is 4.79 Å². The molecule has 1 aliphatic rings. The van der Waals surface area contributed by atoms with E-state index in [4.69, 9.17) is 0 Å². The highest BCUT2D eigenvalue weighted by Crippen LogP contribution is 2.34. The van der Waals surface area contributed by atoms with Crippen LogP contribution >= 0.6 is 0 Å². The van der Waals surface area contributed by atoms with Crippen molar-refractivity contribution in [3.8, 4) is 11.1 Å². The maximum absolute atomic E-state index is 12.9. The Bertz CT molecular complexity index is 816. The van der Waals surface area contributed by atoms with Crippen LogP contribution in [0.4, 0.5) is 0 Å². The fourth-order valence-corrected chi connectivity index (χ4v) is 3.33. The van der Waals surface area contributed by atoms with E-state index in [1.165, 1.54) is 5.69 Å². The molecule has 4 rings (SSSR count). The topological polar surface area (TPSA) is 22.0 Å². The van der Waals surface area contributed by atoms with Gasteiger partial charge in [0.1, 0.15) is 0 Å². The summed E-state index contributed by atoms with van der Waals surface area (Å²) in [6.07, 6.45) is 4.25. The van der Waals surface area contributed by atoms with E-state index in [2.05, 4.69) is 16.7 Å². The summed E-state index contributed by atoms with van der Waals surface area (Å²) in [6, 6.07) is 19.8. The molecule has 1 aliphatic heterocycles. The smallest absolute Gasteiger partial charge is 0.195 e. The van der Waals surface area contributed by atoms with Crippen molar-refractivity contribution >= 4 is 5.78 Å². The van der Waals surface area contributed by atoms with Crippen molar-refractivity contribution in [3.63, 3.8) is 0 Å². The first kappa shape index (κ1) is 13.1. The first-order valence-electron chi connectivity index (χ1n) is 7.72. The van der Waals surface area contributed by atoms with Gasteiger partial charge in [0.15, 0.2) is 5.78 Å². The molecule has 1 aromatic heterocycles. The van der Waals surface area contributed by atoms with Crippen LogP contribution in [0.25, 0.3) is 11.1 Å². The van der Waals surface area contributed by atoms with Gasteiger partial charge in [0.2, 0.25) is 0 Å². The number of aromatic nitrogens is 1. The van der Waals surface area contributed by atoms with E-state index in [1.807, 2.05) is 54.7 Å². The van der Waals surface area contributed by atoms with E-state index in [0.29, 0.717) is 0 Å². The lowest BCUT2D eigenvalue weighted by Gasteiger charge is -2.06. The molecule has 3 aromatic rings. The molecule has 0 saturated carbocycles. The number of benzene rings is 2. The number of hydrogen-bond donors (Lipinski definition) is 0. The number of nitrogens with zero attached hydrogens (tertiary/aromatic N) is 1. The summed E-state index contributed by atoms with van der Waals surface area (Å²) in [5.74, 6) is 0.112. The van der Waals surface area contributed by atoms with Gasteiger partial charge >= 0.3 is 0 Å². The van der Waals surface area contributed by atoms with Crippen molar-refractivity contribution in [2.45, 2.75) is 19.4 Å². The molecule has 2 heterocycles. The minimum absolute atomic E-state index is 0.112. The molecule has 0 unspecified atom stereocenters. The Labute approximate surface area is 130 Å². The number of ketones is 1. The van der Waals surface area contributed by atoms with Crippen LogP contribution in [0, 0.1) is 0 Å². The molecule has 0 fully saturated rings. The molecule has 0 spiro atoms. The lowest BCUT2D eigenvalue weighted by atomic mass is 9.95. The molecule has 108 valence electrons. The molecule has 0 saturated heterocycles. The van der Waals surface area contributed by atoms with Gasteiger partial charge in [0.05, 0.1) is 0 Å². The van der Waals surface area contributed by atoms with Gasteiger partial charge in [-0.1, -0.05) is 60.7 Å². The molecule has 0 N–H and O–H groups in total. The van der Waals surface area contributed by atoms with E-state index >= 15 is 0 Å². The zero-order valence-electron chi connectivity index (χ0n) is 12.3. The lowest BCUT2D eigenvalue weighted by molar-refractivity contribution is 0.103. The van der Waals surface area contributed by atoms with Gasteiger partial charge in [0, 0.05) is 35.1 Å². The standard InChI is InChI=1S/C20H17NO/c22-20(16-10-5-2-6-11-16)17-14-21-13-7-12-18(21)19(17)15-8-3-1-4-9-15/h1-6,8-11,14H,7,12-13H2. The second-order valence-electron chi connectivity index (χ2n) is 5.72. The highest BCUT2D eigenvalue weighted by Gasteiger charge is 2.24. The van der Waals surface area contributed by atoms with Crippen LogP contribution in [-0.4, -0.2) is 10.4 Å². The molecule has 0 aliphatic carbocycles. The van der Waals surface area contributed by atoms with E-state index in [-0.39, 0.29) is 5.78 Å². The number of carbonyl (C=O) groups is 1. The van der Waals surface area contributed by atoms with E-state index in [1.54, 1.807) is 0 Å². The molecular weight excluding hydrogens is 270 g/mol. The number of carbonyl (C=O) groups excluding carboxylic acids is 1. The third-order valence-electron chi connectivity index (χ3n) is 4.35. The third-order valence-corrected chi connectivity index (χ3v) is 4.35. The van der Waals surface area contributed by atoms with Gasteiger partial charge in [-0.2, -0.15) is 0 Å². The van der Waals surface area contributed by atoms with Crippen LogP contribution < -0.4 is 0 Å². The van der Waals surface area contributed by atoms with Gasteiger partial charge in [-0.05, 0) is 18.4 Å². The molecule has 0 bridgehead atoms. The average molecular weight is 287 g/mol. The van der Waals surface area contributed by atoms with E-state index in [0.717, 1.165) is 41.6 Å². The van der Waals surface area contributed by atoms with Crippen molar-refractivity contribution in [2.24, 2.45) is 0 Å². The van der Waals surface area contributed by atoms with Crippen LogP contribution in [0.15, 0.2) is 66.9 Å². The van der Waals surface area contributed by atoms with Crippen LogP contribution in [0.1, 0.15) is 28.0 Å². The predicted octanol–water partition coefficient (Wildman–Crippen LogP) is 4.33. The maximum Gasteiger partial charge on any atom is 0.195 e. The average Bonchev–Trinajstić information content (AvgIpc) is 3.16. The zero-order valence-corrected chi connectivity index (χ0v) is 12.3. The summed E-state index contributed by atoms with van der Waals surface area (Å²) in [5.41, 5.74) is 5.13. The van der Waals surface area contributed by atoms with Crippen molar-refractivity contribution in [1.82, 2.24) is 4.57 Å². The number of aryl methyl sites for hydroxylation is 1. The predicted molar refractivity (Wildman–Crippen MR) is 88.1 cm³/mol. The highest BCUT2D eigenvalue weighted by molar-refractivity contribution is 6.13. The van der Waals surface area contributed by atoms with Crippen LogP contribution in [0.5, 0.6) is 0 Å². The minimum atomic E-state index is 0.112. The van der Waals surface area contributed by atoms with Crippen LogP contribution in [-0.2, 0) is 13.0 Å². The van der Waals surface area contributed by atoms with Crippen molar-refractivity contribution in [1.29, 1.82) is 0 Å². The Morgan fingerprint density at radius 1 is 0.909 bits per heavy atom. The molecule has 2 nitrogen and oxygen atoms in total. The molecule has 2 aromatic carbocycles. The SMILES string of the molecule is O=C(c1ccccc1)c1cn2c(c1-c1ccccc1)CCC2. The Kier molecular flexibility index (Phi) is 3.15. The van der Waals surface area contributed by atoms with Crippen molar-refractivity contribution in [3.05, 3.63) is 83.7 Å². The second kappa shape index (κ2) is 5.30.